The first-order valence-electron chi connectivity index (χ1n) is 4.62. The lowest BCUT2D eigenvalue weighted by Gasteiger charge is -1.97. The minimum atomic E-state index is -0.823. The van der Waals surface area contributed by atoms with Crippen LogP contribution in [0.3, 0.4) is 0 Å². The molecular formula is C11H11NO2. The third kappa shape index (κ3) is 1.66. The fraction of sp³-hybridized carbons (Fsp3) is 0.273. The monoisotopic (exact) mass is 189 g/mol. The summed E-state index contributed by atoms with van der Waals surface area (Å²) in [5, 5.41) is 8.77. The number of nitrogens with zero attached hydrogens (tertiary/aromatic N) is 1. The summed E-state index contributed by atoms with van der Waals surface area (Å²) in [4.78, 5) is 14.8. The number of carbonyl (C=O) groups is 1. The van der Waals surface area contributed by atoms with E-state index in [1.807, 2.05) is 30.3 Å². The molecule has 3 nitrogen and oxygen atoms in total. The molecule has 0 saturated carbocycles. The van der Waals surface area contributed by atoms with Crippen molar-refractivity contribution in [3.63, 3.8) is 0 Å². The van der Waals surface area contributed by atoms with Crippen LogP contribution in [0.5, 0.6) is 0 Å². The molecule has 2 rings (SSSR count). The van der Waals surface area contributed by atoms with Crippen LogP contribution in [0.15, 0.2) is 35.3 Å². The van der Waals surface area contributed by atoms with Crippen LogP contribution in [-0.2, 0) is 4.79 Å². The maximum Gasteiger partial charge on any atom is 0.328 e. The maximum absolute atomic E-state index is 10.7. The molecule has 1 N–H and O–H groups in total. The summed E-state index contributed by atoms with van der Waals surface area (Å²) >= 11 is 0. The second-order valence-corrected chi connectivity index (χ2v) is 3.33. The third-order valence-corrected chi connectivity index (χ3v) is 2.36. The van der Waals surface area contributed by atoms with Crippen LogP contribution in [0.1, 0.15) is 18.4 Å². The van der Waals surface area contributed by atoms with E-state index in [1.165, 1.54) is 0 Å². The zero-order chi connectivity index (χ0) is 9.97. The lowest BCUT2D eigenvalue weighted by atomic mass is 10.1. The average Bonchev–Trinajstić information content (AvgIpc) is 2.68. The average molecular weight is 189 g/mol. The molecule has 1 aliphatic heterocycles. The van der Waals surface area contributed by atoms with Gasteiger partial charge in [-0.1, -0.05) is 30.3 Å². The van der Waals surface area contributed by atoms with Crippen LogP contribution < -0.4 is 0 Å². The van der Waals surface area contributed by atoms with Gasteiger partial charge in [-0.05, 0) is 18.4 Å². The van der Waals surface area contributed by atoms with Crippen molar-refractivity contribution in [3.8, 4) is 0 Å². The lowest BCUT2D eigenvalue weighted by molar-refractivity contribution is -0.138. The van der Waals surface area contributed by atoms with Crippen LogP contribution in [-0.4, -0.2) is 22.8 Å². The Kier molecular flexibility index (Phi) is 2.31. The Morgan fingerprint density at radius 3 is 2.64 bits per heavy atom. The molecule has 1 heterocycles. The number of benzene rings is 1. The topological polar surface area (TPSA) is 49.7 Å². The summed E-state index contributed by atoms with van der Waals surface area (Å²) in [6.07, 6.45) is 1.39. The maximum atomic E-state index is 10.7. The van der Waals surface area contributed by atoms with E-state index < -0.39 is 12.0 Å². The van der Waals surface area contributed by atoms with Gasteiger partial charge >= 0.3 is 5.97 Å². The predicted molar refractivity (Wildman–Crippen MR) is 53.6 cm³/mol. The van der Waals surface area contributed by atoms with Crippen LogP contribution in [0.4, 0.5) is 0 Å². The fourth-order valence-electron chi connectivity index (χ4n) is 1.62. The zero-order valence-corrected chi connectivity index (χ0v) is 7.68. The van der Waals surface area contributed by atoms with E-state index in [0.29, 0.717) is 6.42 Å². The van der Waals surface area contributed by atoms with Gasteiger partial charge in [0, 0.05) is 5.71 Å². The number of aliphatic carboxylic acids is 1. The minimum Gasteiger partial charge on any atom is -0.480 e. The number of carboxylic acid groups (broad SMARTS) is 1. The molecule has 0 fully saturated rings. The molecule has 0 aromatic heterocycles. The van der Waals surface area contributed by atoms with Gasteiger partial charge in [0.25, 0.3) is 0 Å². The Labute approximate surface area is 82.1 Å². The third-order valence-electron chi connectivity index (χ3n) is 2.36. The number of carboxylic acids is 1. The highest BCUT2D eigenvalue weighted by Gasteiger charge is 2.23. The van der Waals surface area contributed by atoms with Crippen molar-refractivity contribution < 1.29 is 9.90 Å². The zero-order valence-electron chi connectivity index (χ0n) is 7.68. The van der Waals surface area contributed by atoms with E-state index >= 15 is 0 Å². The van der Waals surface area contributed by atoms with Crippen LogP contribution in [0.25, 0.3) is 0 Å². The molecule has 1 aliphatic rings. The minimum absolute atomic E-state index is 0.537. The molecule has 0 bridgehead atoms. The van der Waals surface area contributed by atoms with Gasteiger partial charge in [0.15, 0.2) is 0 Å². The Hall–Kier alpha value is -1.64. The standard InChI is InChI=1S/C11H11NO2/c13-11(14)10-7-6-9(12-10)8-4-2-1-3-5-8/h1-5,10H,6-7H2,(H,13,14)/t10-/m0/s1. The SMILES string of the molecule is O=C(O)[C@@H]1CCC(c2ccccc2)=N1. The van der Waals surface area contributed by atoms with E-state index in [2.05, 4.69) is 4.99 Å². The van der Waals surface area contributed by atoms with Crippen molar-refractivity contribution >= 4 is 11.7 Å². The highest BCUT2D eigenvalue weighted by atomic mass is 16.4. The van der Waals surface area contributed by atoms with Crippen molar-refractivity contribution in [3.05, 3.63) is 35.9 Å². The number of rotatable bonds is 2. The summed E-state index contributed by atoms with van der Waals surface area (Å²) in [6, 6.07) is 9.20. The molecule has 0 unspecified atom stereocenters. The lowest BCUT2D eigenvalue weighted by Crippen LogP contribution is -2.13. The second kappa shape index (κ2) is 3.62. The van der Waals surface area contributed by atoms with Gasteiger partial charge in [-0.3, -0.25) is 4.99 Å². The van der Waals surface area contributed by atoms with Gasteiger partial charge in [-0.25, -0.2) is 4.79 Å². The first-order valence-corrected chi connectivity index (χ1v) is 4.62. The Morgan fingerprint density at radius 2 is 2.07 bits per heavy atom. The smallest absolute Gasteiger partial charge is 0.328 e. The van der Waals surface area contributed by atoms with Crippen LogP contribution in [0.2, 0.25) is 0 Å². The molecule has 72 valence electrons. The molecule has 0 aliphatic carbocycles. The number of hydrogen-bond donors (Lipinski definition) is 1. The first kappa shape index (κ1) is 8.94. The summed E-state index contributed by atoms with van der Waals surface area (Å²) in [7, 11) is 0. The quantitative estimate of drug-likeness (QED) is 0.770. The number of hydrogen-bond acceptors (Lipinski definition) is 2. The molecule has 0 spiro atoms. The van der Waals surface area contributed by atoms with Gasteiger partial charge in [0.2, 0.25) is 0 Å². The summed E-state index contributed by atoms with van der Waals surface area (Å²) in [6.45, 7) is 0. The summed E-state index contributed by atoms with van der Waals surface area (Å²) < 4.78 is 0. The van der Waals surface area contributed by atoms with E-state index in [0.717, 1.165) is 17.7 Å². The second-order valence-electron chi connectivity index (χ2n) is 3.33. The van der Waals surface area contributed by atoms with Crippen molar-refractivity contribution in [1.29, 1.82) is 0 Å². The molecule has 1 aromatic carbocycles. The normalized spacial score (nSPS) is 20.6. The number of aliphatic imine (C=N–C) groups is 1. The molecule has 3 heteroatoms. The van der Waals surface area contributed by atoms with Crippen LogP contribution >= 0.6 is 0 Å². The molecule has 0 amide bonds. The summed E-state index contributed by atoms with van der Waals surface area (Å²) in [5.74, 6) is -0.823. The molecule has 1 aromatic rings. The van der Waals surface area contributed by atoms with Crippen molar-refractivity contribution in [2.45, 2.75) is 18.9 Å². The van der Waals surface area contributed by atoms with E-state index in [1.54, 1.807) is 0 Å². The summed E-state index contributed by atoms with van der Waals surface area (Å²) in [5.41, 5.74) is 1.95. The Morgan fingerprint density at radius 1 is 1.36 bits per heavy atom. The largest absolute Gasteiger partial charge is 0.480 e. The Bertz CT molecular complexity index is 370. The predicted octanol–water partition coefficient (Wildman–Crippen LogP) is 1.72. The molecule has 0 saturated heterocycles. The van der Waals surface area contributed by atoms with Crippen molar-refractivity contribution in [1.82, 2.24) is 0 Å². The van der Waals surface area contributed by atoms with Gasteiger partial charge in [-0.2, -0.15) is 0 Å². The first-order chi connectivity index (χ1) is 6.77. The highest BCUT2D eigenvalue weighted by molar-refractivity contribution is 6.03. The highest BCUT2D eigenvalue weighted by Crippen LogP contribution is 2.18. The van der Waals surface area contributed by atoms with Crippen molar-refractivity contribution in [2.24, 2.45) is 4.99 Å². The van der Waals surface area contributed by atoms with Gasteiger partial charge in [0.1, 0.15) is 6.04 Å². The van der Waals surface area contributed by atoms with E-state index in [4.69, 9.17) is 5.11 Å². The van der Waals surface area contributed by atoms with Gasteiger partial charge < -0.3 is 5.11 Å². The Balaban J connectivity index is 2.22. The van der Waals surface area contributed by atoms with Crippen LogP contribution in [0, 0.1) is 0 Å². The van der Waals surface area contributed by atoms with E-state index in [9.17, 15) is 4.79 Å². The molecule has 0 radical (unpaired) electrons. The molecular weight excluding hydrogens is 178 g/mol. The van der Waals surface area contributed by atoms with Gasteiger partial charge in [-0.15, -0.1) is 0 Å². The molecule has 1 atom stereocenters. The molecule has 14 heavy (non-hydrogen) atoms. The van der Waals surface area contributed by atoms with Gasteiger partial charge in [0.05, 0.1) is 0 Å². The van der Waals surface area contributed by atoms with Crippen molar-refractivity contribution in [2.75, 3.05) is 0 Å². The van der Waals surface area contributed by atoms with E-state index in [-0.39, 0.29) is 0 Å². The fourth-order valence-corrected chi connectivity index (χ4v) is 1.62.